The standard InChI is InChI=1S/C18H15F2N3/c19-12-9-13(20)11-18(10-12)23(16-5-1-14(21)2-6-16)17-7-3-15(22)4-8-17/h1-11H,21-22H2. The Morgan fingerprint density at radius 3 is 1.35 bits per heavy atom. The van der Waals surface area contributed by atoms with Crippen LogP contribution in [0.25, 0.3) is 0 Å². The molecule has 0 aliphatic carbocycles. The maximum absolute atomic E-state index is 13.6. The van der Waals surface area contributed by atoms with Gasteiger partial charge in [0.05, 0.1) is 5.69 Å². The fraction of sp³-hybridized carbons (Fsp3) is 0. The molecule has 0 amide bonds. The Bertz CT molecular complexity index is 749. The van der Waals surface area contributed by atoms with Gasteiger partial charge in [0, 0.05) is 28.8 Å². The lowest BCUT2D eigenvalue weighted by Crippen LogP contribution is -2.10. The Balaban J connectivity index is 2.16. The van der Waals surface area contributed by atoms with Crippen LogP contribution in [0.1, 0.15) is 0 Å². The quantitative estimate of drug-likeness (QED) is 0.695. The highest BCUT2D eigenvalue weighted by molar-refractivity contribution is 5.77. The van der Waals surface area contributed by atoms with Gasteiger partial charge in [-0.25, -0.2) is 8.78 Å². The molecule has 5 heteroatoms. The first kappa shape index (κ1) is 14.8. The summed E-state index contributed by atoms with van der Waals surface area (Å²) in [5, 5.41) is 0. The second-order valence-electron chi connectivity index (χ2n) is 5.15. The molecule has 0 fully saturated rings. The summed E-state index contributed by atoms with van der Waals surface area (Å²) in [5.74, 6) is -1.29. The first-order valence-electron chi connectivity index (χ1n) is 7.00. The van der Waals surface area contributed by atoms with Gasteiger partial charge in [0.15, 0.2) is 0 Å². The van der Waals surface area contributed by atoms with Crippen molar-refractivity contribution in [3.05, 3.63) is 78.4 Å². The van der Waals surface area contributed by atoms with Gasteiger partial charge in [0.1, 0.15) is 11.6 Å². The van der Waals surface area contributed by atoms with Gasteiger partial charge in [0.2, 0.25) is 0 Å². The van der Waals surface area contributed by atoms with Crippen molar-refractivity contribution >= 4 is 28.4 Å². The van der Waals surface area contributed by atoms with E-state index in [-0.39, 0.29) is 0 Å². The summed E-state index contributed by atoms with van der Waals surface area (Å²) in [5.41, 5.74) is 14.5. The molecule has 116 valence electrons. The van der Waals surface area contributed by atoms with Crippen LogP contribution in [0.15, 0.2) is 66.7 Å². The molecule has 0 unspecified atom stereocenters. The number of anilines is 5. The van der Waals surface area contributed by atoms with Gasteiger partial charge in [-0.15, -0.1) is 0 Å². The van der Waals surface area contributed by atoms with E-state index in [2.05, 4.69) is 0 Å². The van der Waals surface area contributed by atoms with Crippen molar-refractivity contribution in [1.29, 1.82) is 0 Å². The molecule has 0 radical (unpaired) electrons. The van der Waals surface area contributed by atoms with Crippen LogP contribution in [-0.4, -0.2) is 0 Å². The minimum Gasteiger partial charge on any atom is -0.399 e. The maximum Gasteiger partial charge on any atom is 0.128 e. The summed E-state index contributed by atoms with van der Waals surface area (Å²) in [6, 6.07) is 17.5. The van der Waals surface area contributed by atoms with E-state index in [0.29, 0.717) is 17.1 Å². The van der Waals surface area contributed by atoms with E-state index in [1.807, 2.05) is 0 Å². The summed E-state index contributed by atoms with van der Waals surface area (Å²) < 4.78 is 27.3. The average Bonchev–Trinajstić information content (AvgIpc) is 2.50. The van der Waals surface area contributed by atoms with Gasteiger partial charge >= 0.3 is 0 Å². The van der Waals surface area contributed by atoms with Crippen molar-refractivity contribution in [3.63, 3.8) is 0 Å². The van der Waals surface area contributed by atoms with Gasteiger partial charge in [-0.3, -0.25) is 0 Å². The molecule has 3 nitrogen and oxygen atoms in total. The van der Waals surface area contributed by atoms with Gasteiger partial charge in [-0.05, 0) is 60.7 Å². The zero-order valence-electron chi connectivity index (χ0n) is 12.2. The number of nitrogen functional groups attached to an aromatic ring is 2. The molecule has 3 rings (SSSR count). The van der Waals surface area contributed by atoms with Crippen LogP contribution in [0.4, 0.5) is 37.2 Å². The molecule has 0 bridgehead atoms. The lowest BCUT2D eigenvalue weighted by molar-refractivity contribution is 0.584. The lowest BCUT2D eigenvalue weighted by atomic mass is 10.1. The summed E-state index contributed by atoms with van der Waals surface area (Å²) in [6.07, 6.45) is 0. The number of hydrogen-bond donors (Lipinski definition) is 2. The van der Waals surface area contributed by atoms with Crippen LogP contribution >= 0.6 is 0 Å². The smallest absolute Gasteiger partial charge is 0.128 e. The number of nitrogens with zero attached hydrogens (tertiary/aromatic N) is 1. The van der Waals surface area contributed by atoms with Gasteiger partial charge in [-0.1, -0.05) is 0 Å². The normalized spacial score (nSPS) is 10.5. The van der Waals surface area contributed by atoms with E-state index in [0.717, 1.165) is 17.4 Å². The van der Waals surface area contributed by atoms with Crippen LogP contribution in [-0.2, 0) is 0 Å². The molecule has 0 aliphatic heterocycles. The van der Waals surface area contributed by atoms with Crippen molar-refractivity contribution in [1.82, 2.24) is 0 Å². The monoisotopic (exact) mass is 311 g/mol. The van der Waals surface area contributed by atoms with Crippen molar-refractivity contribution in [2.75, 3.05) is 16.4 Å². The molecule has 0 heterocycles. The topological polar surface area (TPSA) is 55.3 Å². The van der Waals surface area contributed by atoms with Crippen LogP contribution in [0.2, 0.25) is 0 Å². The molecular formula is C18H15F2N3. The zero-order valence-corrected chi connectivity index (χ0v) is 12.2. The van der Waals surface area contributed by atoms with Crippen molar-refractivity contribution in [2.45, 2.75) is 0 Å². The Labute approximate surface area is 132 Å². The predicted octanol–water partition coefficient (Wildman–Crippen LogP) is 4.60. The second kappa shape index (κ2) is 5.96. The Hall–Kier alpha value is -3.08. The minimum atomic E-state index is -0.643. The van der Waals surface area contributed by atoms with Crippen LogP contribution in [0, 0.1) is 11.6 Å². The molecule has 23 heavy (non-hydrogen) atoms. The highest BCUT2D eigenvalue weighted by atomic mass is 19.1. The Kier molecular flexibility index (Phi) is 3.85. The molecule has 0 aromatic heterocycles. The average molecular weight is 311 g/mol. The maximum atomic E-state index is 13.6. The molecule has 4 N–H and O–H groups in total. The molecule has 0 aliphatic rings. The third-order valence-electron chi connectivity index (χ3n) is 3.41. The van der Waals surface area contributed by atoms with Gasteiger partial charge < -0.3 is 16.4 Å². The molecule has 3 aromatic rings. The fourth-order valence-electron chi connectivity index (χ4n) is 2.36. The molecular weight excluding hydrogens is 296 g/mol. The summed E-state index contributed by atoms with van der Waals surface area (Å²) in [7, 11) is 0. The molecule has 0 saturated carbocycles. The van der Waals surface area contributed by atoms with E-state index >= 15 is 0 Å². The minimum absolute atomic E-state index is 0.372. The first-order valence-corrected chi connectivity index (χ1v) is 7.00. The Morgan fingerprint density at radius 1 is 0.565 bits per heavy atom. The van der Waals surface area contributed by atoms with E-state index in [1.165, 1.54) is 12.1 Å². The third-order valence-corrected chi connectivity index (χ3v) is 3.41. The first-order chi connectivity index (χ1) is 11.0. The summed E-state index contributed by atoms with van der Waals surface area (Å²) in [6.45, 7) is 0. The predicted molar refractivity (Wildman–Crippen MR) is 89.9 cm³/mol. The van der Waals surface area contributed by atoms with E-state index < -0.39 is 11.6 Å². The molecule has 0 spiro atoms. The zero-order chi connectivity index (χ0) is 16.4. The summed E-state index contributed by atoms with van der Waals surface area (Å²) in [4.78, 5) is 1.73. The third kappa shape index (κ3) is 3.23. The number of rotatable bonds is 3. The SMILES string of the molecule is Nc1ccc(N(c2ccc(N)cc2)c2cc(F)cc(F)c2)cc1. The molecule has 0 atom stereocenters. The van der Waals surface area contributed by atoms with Gasteiger partial charge in [-0.2, -0.15) is 0 Å². The van der Waals surface area contributed by atoms with Crippen LogP contribution < -0.4 is 16.4 Å². The van der Waals surface area contributed by atoms with Crippen molar-refractivity contribution < 1.29 is 8.78 Å². The highest BCUT2D eigenvalue weighted by Crippen LogP contribution is 2.35. The fourth-order valence-corrected chi connectivity index (χ4v) is 2.36. The van der Waals surface area contributed by atoms with E-state index in [4.69, 9.17) is 11.5 Å². The van der Waals surface area contributed by atoms with Crippen molar-refractivity contribution in [2.24, 2.45) is 0 Å². The number of halogens is 2. The van der Waals surface area contributed by atoms with Crippen LogP contribution in [0.5, 0.6) is 0 Å². The highest BCUT2D eigenvalue weighted by Gasteiger charge is 2.14. The number of hydrogen-bond acceptors (Lipinski definition) is 3. The largest absolute Gasteiger partial charge is 0.399 e. The molecule has 3 aromatic carbocycles. The van der Waals surface area contributed by atoms with Crippen LogP contribution in [0.3, 0.4) is 0 Å². The molecule has 0 saturated heterocycles. The van der Waals surface area contributed by atoms with E-state index in [1.54, 1.807) is 53.4 Å². The lowest BCUT2D eigenvalue weighted by Gasteiger charge is -2.25. The van der Waals surface area contributed by atoms with Gasteiger partial charge in [0.25, 0.3) is 0 Å². The second-order valence-corrected chi connectivity index (χ2v) is 5.15. The summed E-state index contributed by atoms with van der Waals surface area (Å²) >= 11 is 0. The number of nitrogens with two attached hydrogens (primary N) is 2. The van der Waals surface area contributed by atoms with E-state index in [9.17, 15) is 8.78 Å². The van der Waals surface area contributed by atoms with Crippen molar-refractivity contribution in [3.8, 4) is 0 Å². The number of benzene rings is 3. The Morgan fingerprint density at radius 2 is 0.957 bits per heavy atom.